The van der Waals surface area contributed by atoms with Crippen molar-refractivity contribution >= 4 is 16.9 Å². The maximum atomic E-state index is 13.0. The van der Waals surface area contributed by atoms with E-state index in [9.17, 15) is 4.79 Å². The minimum Gasteiger partial charge on any atom is -0.385 e. The molecule has 0 unspecified atom stereocenters. The van der Waals surface area contributed by atoms with Crippen LogP contribution in [-0.4, -0.2) is 59.8 Å². The van der Waals surface area contributed by atoms with Crippen molar-refractivity contribution in [2.24, 2.45) is 5.73 Å². The number of imidazole rings is 1. The predicted molar refractivity (Wildman–Crippen MR) is 133 cm³/mol. The molecule has 2 heterocycles. The van der Waals surface area contributed by atoms with Crippen LogP contribution in [0.5, 0.6) is 0 Å². The normalized spacial score (nSPS) is 17.2. The van der Waals surface area contributed by atoms with Gasteiger partial charge >= 0.3 is 0 Å². The Morgan fingerprint density at radius 3 is 2.79 bits per heavy atom. The summed E-state index contributed by atoms with van der Waals surface area (Å²) in [4.78, 5) is 20.0. The van der Waals surface area contributed by atoms with E-state index >= 15 is 0 Å². The fraction of sp³-hybridized carbons (Fsp3) is 0.481. The first-order chi connectivity index (χ1) is 16.7. The van der Waals surface area contributed by atoms with Crippen LogP contribution in [0.2, 0.25) is 0 Å². The number of carbonyl (C=O) groups excluding carboxylic acids is 1. The van der Waals surface area contributed by atoms with Gasteiger partial charge in [0.15, 0.2) is 0 Å². The summed E-state index contributed by atoms with van der Waals surface area (Å²) in [6.45, 7) is 3.91. The number of ether oxygens (including phenoxy) is 2. The quantitative estimate of drug-likeness (QED) is 0.438. The molecule has 7 heteroatoms. The molecule has 1 amide bonds. The number of nitrogens with two attached hydrogens (primary N) is 1. The van der Waals surface area contributed by atoms with E-state index in [1.807, 2.05) is 41.3 Å². The molecule has 1 saturated heterocycles. The molecule has 3 aromatic rings. The number of rotatable bonds is 11. The minimum absolute atomic E-state index is 0.0996. The Labute approximate surface area is 201 Å². The van der Waals surface area contributed by atoms with Gasteiger partial charge in [0.25, 0.3) is 0 Å². The second kappa shape index (κ2) is 12.1. The minimum atomic E-state index is -0.310. The largest absolute Gasteiger partial charge is 0.385 e. The van der Waals surface area contributed by atoms with E-state index in [0.717, 1.165) is 54.8 Å². The SMILES string of the molecule is COCCCn1c([C@@H]2CCCN(C(=O)C[C@H](N)COCc3ccccc3)C2)nc2ccccc21. The maximum absolute atomic E-state index is 13.0. The van der Waals surface area contributed by atoms with Gasteiger partial charge < -0.3 is 24.7 Å². The second-order valence-corrected chi connectivity index (χ2v) is 9.10. The molecule has 1 aliphatic rings. The Kier molecular flexibility index (Phi) is 8.68. The lowest BCUT2D eigenvalue weighted by Gasteiger charge is -2.33. The lowest BCUT2D eigenvalue weighted by Crippen LogP contribution is -2.43. The van der Waals surface area contributed by atoms with Crippen molar-refractivity contribution in [2.75, 3.05) is 33.4 Å². The smallest absolute Gasteiger partial charge is 0.224 e. The Bertz CT molecular complexity index is 1050. The number of carbonyl (C=O) groups is 1. The average Bonchev–Trinajstić information content (AvgIpc) is 3.23. The van der Waals surface area contributed by atoms with Crippen LogP contribution in [0.15, 0.2) is 54.6 Å². The molecule has 0 saturated carbocycles. The van der Waals surface area contributed by atoms with Crippen LogP contribution in [0, 0.1) is 0 Å². The molecule has 2 atom stereocenters. The third-order valence-electron chi connectivity index (χ3n) is 6.43. The molecule has 182 valence electrons. The standard InChI is InChI=1S/C27H36N4O3/c1-33-16-8-15-31-25-13-6-5-12-24(25)29-27(31)22-11-7-14-30(18-22)26(32)17-23(28)20-34-19-21-9-3-2-4-10-21/h2-6,9-10,12-13,22-23H,7-8,11,14-20,28H2,1H3/t22-,23+/m1/s1. The summed E-state index contributed by atoms with van der Waals surface area (Å²) in [5.41, 5.74) is 9.50. The van der Waals surface area contributed by atoms with E-state index in [4.69, 9.17) is 20.2 Å². The van der Waals surface area contributed by atoms with E-state index in [1.165, 1.54) is 0 Å². The number of amides is 1. The lowest BCUT2D eigenvalue weighted by atomic mass is 9.96. The number of piperidine rings is 1. The van der Waals surface area contributed by atoms with Crippen molar-refractivity contribution in [1.29, 1.82) is 0 Å². The van der Waals surface area contributed by atoms with Crippen LogP contribution in [0.25, 0.3) is 11.0 Å². The first-order valence-electron chi connectivity index (χ1n) is 12.2. The fourth-order valence-corrected chi connectivity index (χ4v) is 4.74. The van der Waals surface area contributed by atoms with Gasteiger partial charge in [-0.3, -0.25) is 4.79 Å². The zero-order valence-electron chi connectivity index (χ0n) is 20.1. The summed E-state index contributed by atoms with van der Waals surface area (Å²) in [7, 11) is 1.73. The molecule has 0 radical (unpaired) electrons. The lowest BCUT2D eigenvalue weighted by molar-refractivity contribution is -0.133. The molecule has 34 heavy (non-hydrogen) atoms. The van der Waals surface area contributed by atoms with Crippen molar-refractivity contribution in [1.82, 2.24) is 14.5 Å². The summed E-state index contributed by atoms with van der Waals surface area (Å²) in [6, 6.07) is 18.0. The molecular weight excluding hydrogens is 428 g/mol. The number of nitrogens with zero attached hydrogens (tertiary/aromatic N) is 3. The van der Waals surface area contributed by atoms with Crippen molar-refractivity contribution < 1.29 is 14.3 Å². The summed E-state index contributed by atoms with van der Waals surface area (Å²) in [5.74, 6) is 1.39. The predicted octanol–water partition coefficient (Wildman–Crippen LogP) is 3.71. The number of likely N-dealkylation sites (tertiary alicyclic amines) is 1. The van der Waals surface area contributed by atoms with Gasteiger partial charge in [0, 0.05) is 51.7 Å². The van der Waals surface area contributed by atoms with Gasteiger partial charge in [0.2, 0.25) is 5.91 Å². The maximum Gasteiger partial charge on any atom is 0.224 e. The number of hydrogen-bond acceptors (Lipinski definition) is 5. The van der Waals surface area contributed by atoms with Gasteiger partial charge in [0.1, 0.15) is 5.82 Å². The Balaban J connectivity index is 1.35. The van der Waals surface area contributed by atoms with Crippen molar-refractivity contribution in [3.8, 4) is 0 Å². The van der Waals surface area contributed by atoms with Gasteiger partial charge in [-0.1, -0.05) is 42.5 Å². The Hall–Kier alpha value is -2.74. The van der Waals surface area contributed by atoms with E-state index in [0.29, 0.717) is 32.8 Å². The summed E-state index contributed by atoms with van der Waals surface area (Å²) < 4.78 is 13.3. The molecule has 0 bridgehead atoms. The van der Waals surface area contributed by atoms with E-state index < -0.39 is 0 Å². The highest BCUT2D eigenvalue weighted by Crippen LogP contribution is 2.30. The molecule has 0 spiro atoms. The zero-order valence-corrected chi connectivity index (χ0v) is 20.1. The van der Waals surface area contributed by atoms with Crippen molar-refractivity contribution in [3.05, 3.63) is 66.0 Å². The van der Waals surface area contributed by atoms with Gasteiger partial charge in [0.05, 0.1) is 24.2 Å². The number of methoxy groups -OCH3 is 1. The van der Waals surface area contributed by atoms with Crippen LogP contribution >= 0.6 is 0 Å². The summed E-state index contributed by atoms with van der Waals surface area (Å²) in [6.07, 6.45) is 3.23. The fourth-order valence-electron chi connectivity index (χ4n) is 4.74. The van der Waals surface area contributed by atoms with Crippen molar-refractivity contribution in [3.63, 3.8) is 0 Å². The van der Waals surface area contributed by atoms with Crippen LogP contribution in [0.3, 0.4) is 0 Å². The molecule has 2 aromatic carbocycles. The molecule has 2 N–H and O–H groups in total. The molecule has 1 fully saturated rings. The monoisotopic (exact) mass is 464 g/mol. The Morgan fingerprint density at radius 1 is 1.18 bits per heavy atom. The van der Waals surface area contributed by atoms with E-state index in [-0.39, 0.29) is 17.9 Å². The first-order valence-corrected chi connectivity index (χ1v) is 12.2. The molecule has 4 rings (SSSR count). The number of para-hydroxylation sites is 2. The number of aromatic nitrogens is 2. The van der Waals surface area contributed by atoms with E-state index in [2.05, 4.69) is 22.8 Å². The average molecular weight is 465 g/mol. The van der Waals surface area contributed by atoms with Gasteiger partial charge in [-0.25, -0.2) is 4.98 Å². The highest BCUT2D eigenvalue weighted by atomic mass is 16.5. The Morgan fingerprint density at radius 2 is 1.97 bits per heavy atom. The van der Waals surface area contributed by atoms with Crippen LogP contribution in [-0.2, 0) is 27.4 Å². The molecule has 1 aliphatic heterocycles. The van der Waals surface area contributed by atoms with Crippen LogP contribution in [0.4, 0.5) is 0 Å². The first kappa shape index (κ1) is 24.4. The topological polar surface area (TPSA) is 82.6 Å². The summed E-state index contributed by atoms with van der Waals surface area (Å²) in [5, 5.41) is 0. The summed E-state index contributed by atoms with van der Waals surface area (Å²) >= 11 is 0. The zero-order chi connectivity index (χ0) is 23.8. The number of benzene rings is 2. The number of fused-ring (bicyclic) bond motifs is 1. The van der Waals surface area contributed by atoms with Crippen molar-refractivity contribution in [2.45, 2.75) is 50.8 Å². The third kappa shape index (κ3) is 6.23. The van der Waals surface area contributed by atoms with Crippen LogP contribution < -0.4 is 5.73 Å². The van der Waals surface area contributed by atoms with Gasteiger partial charge in [-0.15, -0.1) is 0 Å². The highest BCUT2D eigenvalue weighted by Gasteiger charge is 2.29. The molecule has 0 aliphatic carbocycles. The molecule has 1 aromatic heterocycles. The second-order valence-electron chi connectivity index (χ2n) is 9.10. The number of hydrogen-bond donors (Lipinski definition) is 1. The third-order valence-corrected chi connectivity index (χ3v) is 6.43. The van der Waals surface area contributed by atoms with Gasteiger partial charge in [-0.05, 0) is 37.0 Å². The molecule has 7 nitrogen and oxygen atoms in total. The molecular formula is C27H36N4O3. The van der Waals surface area contributed by atoms with Gasteiger partial charge in [-0.2, -0.15) is 0 Å². The highest BCUT2D eigenvalue weighted by molar-refractivity contribution is 5.77. The number of aryl methyl sites for hydroxylation is 1. The van der Waals surface area contributed by atoms with E-state index in [1.54, 1.807) is 7.11 Å². The van der Waals surface area contributed by atoms with Crippen LogP contribution in [0.1, 0.15) is 43.0 Å².